The van der Waals surface area contributed by atoms with Crippen molar-refractivity contribution >= 4 is 11.0 Å². The summed E-state index contributed by atoms with van der Waals surface area (Å²) in [6.07, 6.45) is -7.75. The minimum absolute atomic E-state index is 0.0431. The molecule has 0 radical (unpaired) electrons. The van der Waals surface area contributed by atoms with E-state index in [1.807, 2.05) is 0 Å². The van der Waals surface area contributed by atoms with Crippen molar-refractivity contribution < 1.29 is 54.7 Å². The minimum Gasteiger partial charge on any atom is -0.507 e. The van der Waals surface area contributed by atoms with Gasteiger partial charge in [-0.1, -0.05) is 0 Å². The van der Waals surface area contributed by atoms with Gasteiger partial charge in [-0.25, -0.2) is 0 Å². The van der Waals surface area contributed by atoms with Crippen molar-refractivity contribution in [2.45, 2.75) is 30.7 Å². The highest BCUT2D eigenvalue weighted by atomic mass is 16.7. The molecule has 2 heterocycles. The summed E-state index contributed by atoms with van der Waals surface area (Å²) in [4.78, 5) is 12.6. The summed E-state index contributed by atoms with van der Waals surface area (Å²) in [6.45, 7) is -0.668. The molecule has 5 atom stereocenters. The number of fused-ring (bicyclic) bond motifs is 1. The highest BCUT2D eigenvalue weighted by molar-refractivity contribution is 5.86. The van der Waals surface area contributed by atoms with E-state index in [-0.39, 0.29) is 28.0 Å². The molecule has 0 bridgehead atoms. The van der Waals surface area contributed by atoms with Crippen LogP contribution in [0.25, 0.3) is 22.3 Å². The smallest absolute Gasteiger partial charge is 0.229 e. The second kappa shape index (κ2) is 8.42. The van der Waals surface area contributed by atoms with Crippen LogP contribution in [0.5, 0.6) is 28.7 Å². The molecule has 1 saturated heterocycles. The second-order valence-corrected chi connectivity index (χ2v) is 7.47. The van der Waals surface area contributed by atoms with Crippen molar-refractivity contribution in [1.82, 2.24) is 0 Å². The first-order valence-corrected chi connectivity index (χ1v) is 9.64. The lowest BCUT2D eigenvalue weighted by molar-refractivity contribution is -0.277. The Morgan fingerprint density at radius 1 is 0.848 bits per heavy atom. The van der Waals surface area contributed by atoms with Crippen molar-refractivity contribution in [3.8, 4) is 40.1 Å². The summed E-state index contributed by atoms with van der Waals surface area (Å²) in [5.74, 6) is -2.88. The Morgan fingerprint density at radius 2 is 1.52 bits per heavy atom. The minimum atomic E-state index is -1.71. The van der Waals surface area contributed by atoms with Crippen LogP contribution in [0.3, 0.4) is 0 Å². The summed E-state index contributed by atoms with van der Waals surface area (Å²) in [6, 6.07) is 5.33. The lowest BCUT2D eigenvalue weighted by atomic mass is 9.99. The topological polar surface area (TPSA) is 211 Å². The maximum atomic E-state index is 12.6. The van der Waals surface area contributed by atoms with Gasteiger partial charge in [-0.3, -0.25) is 4.79 Å². The molecular weight excluding hydrogens is 444 g/mol. The van der Waals surface area contributed by atoms with Crippen LogP contribution in [0.1, 0.15) is 0 Å². The van der Waals surface area contributed by atoms with Gasteiger partial charge in [-0.15, -0.1) is 0 Å². The van der Waals surface area contributed by atoms with Crippen molar-refractivity contribution in [3.05, 3.63) is 40.6 Å². The average molecular weight is 464 g/mol. The number of hydrogen-bond acceptors (Lipinski definition) is 12. The molecule has 4 rings (SSSR count). The fourth-order valence-electron chi connectivity index (χ4n) is 3.50. The van der Waals surface area contributed by atoms with Crippen molar-refractivity contribution in [2.24, 2.45) is 0 Å². The van der Waals surface area contributed by atoms with Crippen molar-refractivity contribution in [3.63, 3.8) is 0 Å². The highest BCUT2D eigenvalue weighted by Gasteiger charge is 2.44. The monoisotopic (exact) mass is 464 g/mol. The normalized spacial score (nSPS) is 25.3. The van der Waals surface area contributed by atoms with Crippen molar-refractivity contribution in [2.75, 3.05) is 6.61 Å². The third-order valence-electron chi connectivity index (χ3n) is 5.24. The molecule has 1 fully saturated rings. The van der Waals surface area contributed by atoms with Crippen LogP contribution in [-0.4, -0.2) is 78.2 Å². The first kappa shape index (κ1) is 22.6. The number of phenols is 4. The van der Waals surface area contributed by atoms with Crippen LogP contribution in [0.4, 0.5) is 0 Å². The van der Waals surface area contributed by atoms with E-state index in [1.165, 1.54) is 6.07 Å². The molecule has 12 nitrogen and oxygen atoms in total. The summed E-state index contributed by atoms with van der Waals surface area (Å²) in [7, 11) is 0. The van der Waals surface area contributed by atoms with Crippen LogP contribution < -0.4 is 10.2 Å². The molecule has 2 aromatic carbocycles. The van der Waals surface area contributed by atoms with E-state index in [1.54, 1.807) is 0 Å². The molecule has 0 unspecified atom stereocenters. The van der Waals surface area contributed by atoms with Gasteiger partial charge >= 0.3 is 0 Å². The van der Waals surface area contributed by atoms with Gasteiger partial charge in [0.15, 0.2) is 22.7 Å². The van der Waals surface area contributed by atoms with E-state index in [4.69, 9.17) is 13.9 Å². The Hall–Kier alpha value is -3.55. The Labute approximate surface area is 184 Å². The fourth-order valence-corrected chi connectivity index (χ4v) is 3.50. The van der Waals surface area contributed by atoms with E-state index in [0.717, 1.165) is 24.3 Å². The van der Waals surface area contributed by atoms with E-state index in [0.29, 0.717) is 0 Å². The van der Waals surface area contributed by atoms with Gasteiger partial charge in [0.1, 0.15) is 52.6 Å². The molecule has 0 spiro atoms. The first-order valence-electron chi connectivity index (χ1n) is 9.64. The number of aliphatic hydroxyl groups is 4. The Morgan fingerprint density at radius 3 is 2.15 bits per heavy atom. The summed E-state index contributed by atoms with van der Waals surface area (Å²) < 4.78 is 16.3. The number of aliphatic hydroxyl groups excluding tert-OH is 4. The number of hydrogen-bond donors (Lipinski definition) is 8. The van der Waals surface area contributed by atoms with Gasteiger partial charge < -0.3 is 54.7 Å². The van der Waals surface area contributed by atoms with Crippen LogP contribution in [-0.2, 0) is 4.74 Å². The molecule has 1 aromatic heterocycles. The van der Waals surface area contributed by atoms with Gasteiger partial charge in [-0.2, -0.15) is 0 Å². The molecule has 1 aliphatic heterocycles. The van der Waals surface area contributed by atoms with Crippen LogP contribution >= 0.6 is 0 Å². The fraction of sp³-hybridized carbons (Fsp3) is 0.286. The number of rotatable bonds is 4. The molecule has 0 saturated carbocycles. The largest absolute Gasteiger partial charge is 0.507 e. The molecule has 33 heavy (non-hydrogen) atoms. The van der Waals surface area contributed by atoms with Gasteiger partial charge in [0, 0.05) is 23.8 Å². The Kier molecular flexibility index (Phi) is 5.78. The first-order chi connectivity index (χ1) is 15.6. The molecule has 0 aliphatic carbocycles. The lowest BCUT2D eigenvalue weighted by Crippen LogP contribution is -2.60. The molecule has 3 aromatic rings. The maximum Gasteiger partial charge on any atom is 0.229 e. The van der Waals surface area contributed by atoms with Crippen molar-refractivity contribution in [1.29, 1.82) is 0 Å². The average Bonchev–Trinajstić information content (AvgIpc) is 2.76. The summed E-state index contributed by atoms with van der Waals surface area (Å²) >= 11 is 0. The quantitative estimate of drug-likeness (QED) is 0.229. The van der Waals surface area contributed by atoms with Gasteiger partial charge in [0.05, 0.1) is 6.61 Å². The number of benzene rings is 2. The lowest BCUT2D eigenvalue weighted by Gasteiger charge is -2.39. The Balaban J connectivity index is 1.74. The highest BCUT2D eigenvalue weighted by Crippen LogP contribution is 2.40. The zero-order chi connectivity index (χ0) is 24.0. The van der Waals surface area contributed by atoms with Gasteiger partial charge in [-0.05, 0) is 12.1 Å². The number of aromatic hydroxyl groups is 4. The summed E-state index contributed by atoms with van der Waals surface area (Å²) in [5, 5.41) is 78.2. The van der Waals surface area contributed by atoms with Gasteiger partial charge in [0.2, 0.25) is 6.29 Å². The van der Waals surface area contributed by atoms with E-state index in [2.05, 4.69) is 0 Å². The molecule has 0 amide bonds. The second-order valence-electron chi connectivity index (χ2n) is 7.47. The zero-order valence-corrected chi connectivity index (χ0v) is 16.7. The zero-order valence-electron chi connectivity index (χ0n) is 16.7. The SMILES string of the molecule is O=c1cc(-c2cc(O)c(O)c(O)c2)oc2cc(O[C@@H]3O[C@H](CO)[C@@H](O)[C@H](O)[C@H]3O)cc(O)c12. The number of phenolic OH excluding ortho intramolecular Hbond substituents is 4. The van der Waals surface area contributed by atoms with E-state index >= 15 is 0 Å². The van der Waals surface area contributed by atoms with Crippen LogP contribution in [0.15, 0.2) is 39.5 Å². The molecule has 176 valence electrons. The van der Waals surface area contributed by atoms with Crippen LogP contribution in [0, 0.1) is 0 Å². The standard InChI is InChI=1S/C21H20O12/c22-6-15-18(28)19(29)20(30)21(33-15)31-8-3-9(23)16-10(24)5-13(32-14(16)4-8)7-1-11(25)17(27)12(26)2-7/h1-5,15,18-23,25-30H,6H2/t15-,18-,19+,20-,21-/m1/s1. The third-order valence-corrected chi connectivity index (χ3v) is 5.24. The number of ether oxygens (including phenoxy) is 2. The Bertz CT molecular complexity index is 1230. The molecule has 1 aliphatic rings. The molecular formula is C21H20O12. The molecule has 8 N–H and O–H groups in total. The predicted molar refractivity (Wildman–Crippen MR) is 109 cm³/mol. The predicted octanol–water partition coefficient (Wildman–Crippen LogP) is -0.539. The van der Waals surface area contributed by atoms with E-state index < -0.39 is 65.7 Å². The van der Waals surface area contributed by atoms with Crippen LogP contribution in [0.2, 0.25) is 0 Å². The molecule has 12 heteroatoms. The summed E-state index contributed by atoms with van der Waals surface area (Å²) in [5.41, 5.74) is -0.805. The van der Waals surface area contributed by atoms with Gasteiger partial charge in [0.25, 0.3) is 0 Å². The maximum absolute atomic E-state index is 12.6. The third kappa shape index (κ3) is 4.01. The van der Waals surface area contributed by atoms with E-state index in [9.17, 15) is 45.6 Å².